The highest BCUT2D eigenvalue weighted by Crippen LogP contribution is 2.39. The van der Waals surface area contributed by atoms with Crippen LogP contribution in [0, 0.1) is 0 Å². The van der Waals surface area contributed by atoms with Crippen LogP contribution in [0.25, 0.3) is 10.8 Å². The Morgan fingerprint density at radius 2 is 1.60 bits per heavy atom. The van der Waals surface area contributed by atoms with Crippen LogP contribution in [0.2, 0.25) is 0 Å². The number of ether oxygens (including phenoxy) is 4. The van der Waals surface area contributed by atoms with E-state index in [0.29, 0.717) is 22.3 Å². The average Bonchev–Trinajstić information content (AvgIpc) is 2.51. The zero-order valence-electron chi connectivity index (χ0n) is 15.3. The second-order valence-corrected chi connectivity index (χ2v) is 6.50. The van der Waals surface area contributed by atoms with Gasteiger partial charge in [0.1, 0.15) is 22.8 Å². The fraction of sp³-hybridized carbons (Fsp3) is 0.368. The zero-order valence-corrected chi connectivity index (χ0v) is 15.3. The van der Waals surface area contributed by atoms with Crippen molar-refractivity contribution in [1.29, 1.82) is 0 Å². The van der Waals surface area contributed by atoms with E-state index in [4.69, 9.17) is 18.9 Å². The lowest BCUT2D eigenvalue weighted by Gasteiger charge is -2.20. The van der Waals surface area contributed by atoms with E-state index in [-0.39, 0.29) is 11.3 Å². The highest BCUT2D eigenvalue weighted by molar-refractivity contribution is 6.02. The van der Waals surface area contributed by atoms with Crippen LogP contribution in [0.3, 0.4) is 0 Å². The van der Waals surface area contributed by atoms with Crippen LogP contribution in [0.4, 0.5) is 0 Å². The molecule has 0 aliphatic heterocycles. The van der Waals surface area contributed by atoms with Crippen LogP contribution in [-0.2, 0) is 9.53 Å². The van der Waals surface area contributed by atoms with Crippen molar-refractivity contribution in [2.24, 2.45) is 0 Å². The summed E-state index contributed by atoms with van der Waals surface area (Å²) in [5, 5.41) is 1.21. The van der Waals surface area contributed by atoms with Gasteiger partial charge in [0.05, 0.1) is 25.2 Å². The molecule has 2 aromatic carbocycles. The summed E-state index contributed by atoms with van der Waals surface area (Å²) in [5.41, 5.74) is -0.367. The number of carbonyl (C=O) groups is 2. The maximum absolute atomic E-state index is 12.4. The van der Waals surface area contributed by atoms with Gasteiger partial charge in [-0.2, -0.15) is 0 Å². The number of hydrogen-bond acceptors (Lipinski definition) is 6. The highest BCUT2D eigenvalue weighted by Gasteiger charge is 2.21. The number of hydrogen-bond donors (Lipinski definition) is 0. The second kappa shape index (κ2) is 7.01. The summed E-state index contributed by atoms with van der Waals surface area (Å²) in [6.07, 6.45) is 0. The van der Waals surface area contributed by atoms with Gasteiger partial charge in [-0.15, -0.1) is 0 Å². The molecule has 0 fully saturated rings. The molecular formula is C19H22O6. The van der Waals surface area contributed by atoms with Crippen LogP contribution >= 0.6 is 0 Å². The van der Waals surface area contributed by atoms with Crippen LogP contribution < -0.4 is 14.2 Å². The van der Waals surface area contributed by atoms with E-state index in [1.54, 1.807) is 39.0 Å². The zero-order chi connectivity index (χ0) is 18.8. The molecule has 6 heteroatoms. The number of methoxy groups -OCH3 is 2. The molecule has 0 N–H and O–H groups in total. The molecule has 25 heavy (non-hydrogen) atoms. The first-order valence-electron chi connectivity index (χ1n) is 7.76. The van der Waals surface area contributed by atoms with Crippen molar-refractivity contribution >= 4 is 22.7 Å². The largest absolute Gasteiger partial charge is 0.497 e. The molecule has 0 radical (unpaired) electrons. The van der Waals surface area contributed by atoms with E-state index in [1.807, 2.05) is 0 Å². The van der Waals surface area contributed by atoms with Gasteiger partial charge >= 0.3 is 11.9 Å². The van der Waals surface area contributed by atoms with Gasteiger partial charge in [0.15, 0.2) is 0 Å². The van der Waals surface area contributed by atoms with Gasteiger partial charge in [-0.05, 0) is 44.4 Å². The summed E-state index contributed by atoms with van der Waals surface area (Å²) in [7, 11) is 3.04. The van der Waals surface area contributed by atoms with E-state index in [9.17, 15) is 9.59 Å². The van der Waals surface area contributed by atoms with Gasteiger partial charge < -0.3 is 18.9 Å². The molecule has 0 saturated carbocycles. The van der Waals surface area contributed by atoms with Crippen molar-refractivity contribution in [2.75, 3.05) is 14.2 Å². The SMILES string of the molecule is COc1cc(OC)c2c(OC(C)=O)cc(C(=O)OC(C)(C)C)cc2c1. The number of fused-ring (bicyclic) bond motifs is 1. The number of carbonyl (C=O) groups excluding carboxylic acids is 2. The molecule has 0 aliphatic carbocycles. The molecule has 134 valence electrons. The van der Waals surface area contributed by atoms with Crippen LogP contribution in [0.5, 0.6) is 17.2 Å². The highest BCUT2D eigenvalue weighted by atomic mass is 16.6. The van der Waals surface area contributed by atoms with Crippen LogP contribution in [0.1, 0.15) is 38.1 Å². The van der Waals surface area contributed by atoms with Crippen molar-refractivity contribution in [2.45, 2.75) is 33.3 Å². The summed E-state index contributed by atoms with van der Waals surface area (Å²) in [6, 6.07) is 6.55. The lowest BCUT2D eigenvalue weighted by Crippen LogP contribution is -2.24. The van der Waals surface area contributed by atoms with E-state index in [1.165, 1.54) is 27.2 Å². The fourth-order valence-electron chi connectivity index (χ4n) is 2.38. The normalized spacial score (nSPS) is 11.1. The molecule has 0 saturated heterocycles. The van der Waals surface area contributed by atoms with E-state index >= 15 is 0 Å². The van der Waals surface area contributed by atoms with Gasteiger partial charge in [0.2, 0.25) is 0 Å². The van der Waals surface area contributed by atoms with Gasteiger partial charge in [-0.3, -0.25) is 4.79 Å². The minimum absolute atomic E-state index is 0.227. The minimum Gasteiger partial charge on any atom is -0.497 e. The molecule has 0 aliphatic rings. The Hall–Kier alpha value is -2.76. The molecule has 0 spiro atoms. The summed E-state index contributed by atoms with van der Waals surface area (Å²) >= 11 is 0. The van der Waals surface area contributed by atoms with E-state index in [0.717, 1.165) is 0 Å². The van der Waals surface area contributed by atoms with Crippen molar-refractivity contribution in [1.82, 2.24) is 0 Å². The number of esters is 2. The molecule has 2 rings (SSSR count). The topological polar surface area (TPSA) is 71.1 Å². The molecular weight excluding hydrogens is 324 g/mol. The van der Waals surface area contributed by atoms with E-state index in [2.05, 4.69) is 0 Å². The van der Waals surface area contributed by atoms with E-state index < -0.39 is 17.5 Å². The third kappa shape index (κ3) is 4.41. The monoisotopic (exact) mass is 346 g/mol. The summed E-state index contributed by atoms with van der Waals surface area (Å²) in [5.74, 6) is 0.247. The number of benzene rings is 2. The Kier molecular flexibility index (Phi) is 5.21. The lowest BCUT2D eigenvalue weighted by atomic mass is 10.0. The molecule has 0 bridgehead atoms. The quantitative estimate of drug-likeness (QED) is 0.620. The van der Waals surface area contributed by atoms with Crippen molar-refractivity contribution in [3.63, 3.8) is 0 Å². The third-order valence-corrected chi connectivity index (χ3v) is 3.29. The first kappa shape index (κ1) is 18.6. The van der Waals surface area contributed by atoms with Crippen molar-refractivity contribution in [3.8, 4) is 17.2 Å². The summed E-state index contributed by atoms with van der Waals surface area (Å²) in [4.78, 5) is 23.9. The Bertz CT molecular complexity index is 817. The molecule has 0 unspecified atom stereocenters. The Morgan fingerprint density at radius 3 is 2.12 bits per heavy atom. The van der Waals surface area contributed by atoms with Crippen LogP contribution in [-0.4, -0.2) is 31.8 Å². The van der Waals surface area contributed by atoms with Gasteiger partial charge in [0.25, 0.3) is 0 Å². The molecule has 0 heterocycles. The Balaban J connectivity index is 2.70. The summed E-state index contributed by atoms with van der Waals surface area (Å²) in [6.45, 7) is 6.64. The van der Waals surface area contributed by atoms with Crippen molar-refractivity contribution in [3.05, 3.63) is 29.8 Å². The van der Waals surface area contributed by atoms with Gasteiger partial charge in [0, 0.05) is 13.0 Å². The lowest BCUT2D eigenvalue weighted by molar-refractivity contribution is -0.131. The number of rotatable bonds is 4. The molecule has 0 atom stereocenters. The maximum Gasteiger partial charge on any atom is 0.338 e. The molecule has 0 amide bonds. The molecule has 0 aromatic heterocycles. The predicted molar refractivity (Wildman–Crippen MR) is 93.5 cm³/mol. The molecule has 2 aromatic rings. The standard InChI is InChI=1S/C19H22O6/c1-11(20)24-16-9-13(18(21)25-19(2,3)4)7-12-8-14(22-5)10-15(23-6)17(12)16/h7-10H,1-6H3. The maximum atomic E-state index is 12.4. The smallest absolute Gasteiger partial charge is 0.338 e. The van der Waals surface area contributed by atoms with Crippen LogP contribution in [0.15, 0.2) is 24.3 Å². The molecule has 6 nitrogen and oxygen atoms in total. The first-order chi connectivity index (χ1) is 11.6. The summed E-state index contributed by atoms with van der Waals surface area (Å²) < 4.78 is 21.3. The van der Waals surface area contributed by atoms with Gasteiger partial charge in [-0.25, -0.2) is 4.79 Å². The Morgan fingerprint density at radius 1 is 0.920 bits per heavy atom. The predicted octanol–water partition coefficient (Wildman–Crippen LogP) is 3.74. The van der Waals surface area contributed by atoms with Gasteiger partial charge in [-0.1, -0.05) is 0 Å². The Labute approximate surface area is 146 Å². The fourth-order valence-corrected chi connectivity index (χ4v) is 2.38. The van der Waals surface area contributed by atoms with Crippen molar-refractivity contribution < 1.29 is 28.5 Å². The third-order valence-electron chi connectivity index (χ3n) is 3.29. The average molecular weight is 346 g/mol. The second-order valence-electron chi connectivity index (χ2n) is 6.50. The minimum atomic E-state index is -0.639. The first-order valence-corrected chi connectivity index (χ1v) is 7.76.